The Labute approximate surface area is 172 Å². The van der Waals surface area contributed by atoms with E-state index in [9.17, 15) is 9.18 Å². The molecule has 0 aliphatic rings. The number of carbonyl (C=O) groups excluding carboxylic acids is 1. The van der Waals surface area contributed by atoms with E-state index in [4.69, 9.17) is 17.0 Å². The third-order valence-electron chi connectivity index (χ3n) is 3.49. The fraction of sp³-hybridized carbons (Fsp3) is 0.0556. The Bertz CT molecular complexity index is 1010. The maximum atomic E-state index is 13.2. The average Bonchev–Trinajstić information content (AvgIpc) is 3.09. The van der Waals surface area contributed by atoms with Crippen molar-refractivity contribution in [2.75, 3.05) is 12.4 Å². The largest absolute Gasteiger partial charge is 0.496 e. The Balaban J connectivity index is 1.66. The van der Waals surface area contributed by atoms with Gasteiger partial charge < -0.3 is 10.1 Å². The Kier molecular flexibility index (Phi) is 6.15. The molecule has 1 aromatic heterocycles. The highest BCUT2D eigenvalue weighted by molar-refractivity contribution is 9.10. The van der Waals surface area contributed by atoms with Gasteiger partial charge in [-0.25, -0.2) is 9.37 Å². The van der Waals surface area contributed by atoms with E-state index in [0.29, 0.717) is 5.13 Å². The number of anilines is 1. The standard InChI is InChI=1S/C18H13BrFN3O2S2/c1-25-15-6-5-10(8-13(15)19)14-9-27-18(21-14)23-17(26)22-16(24)11-3-2-4-12(20)7-11/h2-9H,1H3,(H2,21,22,23,24,26). The fourth-order valence-corrected chi connectivity index (χ4v) is 3.74. The highest BCUT2D eigenvalue weighted by atomic mass is 79.9. The molecule has 3 rings (SSSR count). The summed E-state index contributed by atoms with van der Waals surface area (Å²) in [5.41, 5.74) is 1.84. The Morgan fingerprint density at radius 3 is 2.81 bits per heavy atom. The summed E-state index contributed by atoms with van der Waals surface area (Å²) in [4.78, 5) is 16.5. The van der Waals surface area contributed by atoms with Gasteiger partial charge in [0, 0.05) is 16.5 Å². The molecule has 2 N–H and O–H groups in total. The van der Waals surface area contributed by atoms with E-state index in [1.54, 1.807) is 7.11 Å². The van der Waals surface area contributed by atoms with Crippen molar-refractivity contribution < 1.29 is 13.9 Å². The first kappa shape index (κ1) is 19.4. The van der Waals surface area contributed by atoms with E-state index in [0.717, 1.165) is 27.5 Å². The Morgan fingerprint density at radius 1 is 1.30 bits per heavy atom. The number of halogens is 2. The lowest BCUT2D eigenvalue weighted by atomic mass is 10.2. The third-order valence-corrected chi connectivity index (χ3v) is 5.07. The number of rotatable bonds is 4. The normalized spacial score (nSPS) is 10.3. The summed E-state index contributed by atoms with van der Waals surface area (Å²) in [7, 11) is 1.60. The van der Waals surface area contributed by atoms with Gasteiger partial charge in [-0.1, -0.05) is 6.07 Å². The smallest absolute Gasteiger partial charge is 0.257 e. The van der Waals surface area contributed by atoms with Crippen LogP contribution < -0.4 is 15.4 Å². The third kappa shape index (κ3) is 4.88. The molecule has 0 saturated carbocycles. The summed E-state index contributed by atoms with van der Waals surface area (Å²) in [6.45, 7) is 0. The first-order valence-corrected chi connectivity index (χ1v) is 9.71. The summed E-state index contributed by atoms with van der Waals surface area (Å²) in [6, 6.07) is 11.0. The van der Waals surface area contributed by atoms with E-state index in [2.05, 4.69) is 31.5 Å². The van der Waals surface area contributed by atoms with Gasteiger partial charge in [-0.15, -0.1) is 11.3 Å². The van der Waals surface area contributed by atoms with Crippen molar-refractivity contribution in [3.05, 3.63) is 63.7 Å². The lowest BCUT2D eigenvalue weighted by Gasteiger charge is -2.07. The molecule has 27 heavy (non-hydrogen) atoms. The van der Waals surface area contributed by atoms with E-state index in [1.807, 2.05) is 23.6 Å². The van der Waals surface area contributed by atoms with Crippen molar-refractivity contribution in [3.8, 4) is 17.0 Å². The Hall–Kier alpha value is -2.36. The van der Waals surface area contributed by atoms with E-state index in [1.165, 1.54) is 29.5 Å². The van der Waals surface area contributed by atoms with Gasteiger partial charge in [-0.2, -0.15) is 0 Å². The van der Waals surface area contributed by atoms with Crippen LogP contribution in [-0.2, 0) is 0 Å². The summed E-state index contributed by atoms with van der Waals surface area (Å²) >= 11 is 9.92. The first-order valence-electron chi connectivity index (χ1n) is 7.63. The van der Waals surface area contributed by atoms with Gasteiger partial charge in [-0.3, -0.25) is 10.1 Å². The number of methoxy groups -OCH3 is 1. The van der Waals surface area contributed by atoms with Crippen molar-refractivity contribution >= 4 is 55.6 Å². The predicted octanol–water partition coefficient (Wildman–Crippen LogP) is 4.85. The lowest BCUT2D eigenvalue weighted by Crippen LogP contribution is -2.34. The van der Waals surface area contributed by atoms with Gasteiger partial charge in [0.2, 0.25) is 0 Å². The molecule has 0 unspecified atom stereocenters. The summed E-state index contributed by atoms with van der Waals surface area (Å²) in [6.07, 6.45) is 0. The topological polar surface area (TPSA) is 63.2 Å². The number of aromatic nitrogens is 1. The Morgan fingerprint density at radius 2 is 2.11 bits per heavy atom. The summed E-state index contributed by atoms with van der Waals surface area (Å²) in [5, 5.41) is 7.85. The van der Waals surface area contributed by atoms with Crippen LogP contribution in [0.3, 0.4) is 0 Å². The zero-order chi connectivity index (χ0) is 19.4. The molecular weight excluding hydrogens is 453 g/mol. The van der Waals surface area contributed by atoms with Crippen LogP contribution in [0, 0.1) is 5.82 Å². The predicted molar refractivity (Wildman–Crippen MR) is 112 cm³/mol. The van der Waals surface area contributed by atoms with Crippen molar-refractivity contribution in [1.82, 2.24) is 10.3 Å². The molecule has 0 aliphatic carbocycles. The molecule has 2 aromatic carbocycles. The second-order valence-corrected chi connectivity index (χ2v) is 7.43. The molecule has 0 atom stereocenters. The number of ether oxygens (including phenoxy) is 1. The molecule has 5 nitrogen and oxygen atoms in total. The van der Waals surface area contributed by atoms with E-state index >= 15 is 0 Å². The monoisotopic (exact) mass is 465 g/mol. The quantitative estimate of drug-likeness (QED) is 0.539. The molecule has 0 radical (unpaired) electrons. The van der Waals surface area contributed by atoms with Crippen LogP contribution in [0.2, 0.25) is 0 Å². The molecule has 1 amide bonds. The van der Waals surface area contributed by atoms with Gasteiger partial charge in [0.15, 0.2) is 10.2 Å². The summed E-state index contributed by atoms with van der Waals surface area (Å²) < 4.78 is 19.2. The number of thiocarbonyl (C=S) groups is 1. The van der Waals surface area contributed by atoms with Gasteiger partial charge in [0.1, 0.15) is 11.6 Å². The number of nitrogens with one attached hydrogen (secondary N) is 2. The number of benzene rings is 2. The molecular formula is C18H13BrFN3O2S2. The van der Waals surface area contributed by atoms with Crippen molar-refractivity contribution in [2.45, 2.75) is 0 Å². The van der Waals surface area contributed by atoms with Crippen LogP contribution in [0.1, 0.15) is 10.4 Å². The zero-order valence-corrected chi connectivity index (χ0v) is 17.2. The molecule has 1 heterocycles. The molecule has 138 valence electrons. The van der Waals surface area contributed by atoms with E-state index < -0.39 is 11.7 Å². The van der Waals surface area contributed by atoms with Gasteiger partial charge >= 0.3 is 0 Å². The molecule has 0 spiro atoms. The number of hydrogen-bond acceptors (Lipinski definition) is 5. The first-order chi connectivity index (χ1) is 13.0. The lowest BCUT2D eigenvalue weighted by molar-refractivity contribution is 0.0977. The van der Waals surface area contributed by atoms with Crippen LogP contribution in [-0.4, -0.2) is 23.1 Å². The van der Waals surface area contributed by atoms with Crippen LogP contribution in [0.5, 0.6) is 5.75 Å². The minimum atomic E-state index is -0.497. The number of carbonyl (C=O) groups is 1. The summed E-state index contributed by atoms with van der Waals surface area (Å²) in [5.74, 6) is -0.256. The van der Waals surface area contributed by atoms with Crippen LogP contribution in [0.25, 0.3) is 11.3 Å². The minimum Gasteiger partial charge on any atom is -0.496 e. The van der Waals surface area contributed by atoms with Crippen molar-refractivity contribution in [2.24, 2.45) is 0 Å². The van der Waals surface area contributed by atoms with Gasteiger partial charge in [0.25, 0.3) is 5.91 Å². The zero-order valence-electron chi connectivity index (χ0n) is 14.0. The average molecular weight is 466 g/mol. The van der Waals surface area contributed by atoms with Crippen molar-refractivity contribution in [1.29, 1.82) is 0 Å². The van der Waals surface area contributed by atoms with Gasteiger partial charge in [0.05, 0.1) is 17.3 Å². The molecule has 0 saturated heterocycles. The number of amides is 1. The maximum Gasteiger partial charge on any atom is 0.257 e. The highest BCUT2D eigenvalue weighted by Gasteiger charge is 2.11. The number of thiazole rings is 1. The van der Waals surface area contributed by atoms with Crippen LogP contribution in [0.4, 0.5) is 9.52 Å². The van der Waals surface area contributed by atoms with Crippen LogP contribution >= 0.6 is 39.5 Å². The second-order valence-electron chi connectivity index (χ2n) is 5.31. The highest BCUT2D eigenvalue weighted by Crippen LogP contribution is 2.32. The molecule has 0 bridgehead atoms. The minimum absolute atomic E-state index is 0.0843. The maximum absolute atomic E-state index is 13.2. The fourth-order valence-electron chi connectivity index (χ4n) is 2.22. The van der Waals surface area contributed by atoms with Gasteiger partial charge in [-0.05, 0) is 64.5 Å². The molecule has 0 aliphatic heterocycles. The van der Waals surface area contributed by atoms with Crippen LogP contribution in [0.15, 0.2) is 52.3 Å². The SMILES string of the molecule is COc1ccc(-c2csc(NC(=S)NC(=O)c3cccc(F)c3)n2)cc1Br. The second kappa shape index (κ2) is 8.55. The van der Waals surface area contributed by atoms with Crippen molar-refractivity contribution in [3.63, 3.8) is 0 Å². The molecule has 0 fully saturated rings. The van der Waals surface area contributed by atoms with E-state index in [-0.39, 0.29) is 10.7 Å². The molecule has 3 aromatic rings. The number of hydrogen-bond donors (Lipinski definition) is 2. The molecule has 9 heteroatoms. The number of nitrogens with zero attached hydrogens (tertiary/aromatic N) is 1.